The molecule has 0 spiro atoms. The molecule has 2 N–H and O–H groups in total. The molecular weight excluding hydrogens is 420 g/mol. The smallest absolute Gasteiger partial charge is 0.407 e. The molecule has 174 valence electrons. The number of rotatable bonds is 6. The van der Waals surface area contributed by atoms with Crippen molar-refractivity contribution in [1.82, 2.24) is 10.2 Å². The molecule has 1 heterocycles. The Hall–Kier alpha value is -3.35. The molecule has 1 fully saturated rings. The van der Waals surface area contributed by atoms with Crippen LogP contribution in [0.4, 0.5) is 4.79 Å². The van der Waals surface area contributed by atoms with Gasteiger partial charge in [-0.05, 0) is 42.0 Å². The van der Waals surface area contributed by atoms with Crippen molar-refractivity contribution in [2.24, 2.45) is 11.3 Å². The molecule has 1 saturated heterocycles. The normalized spacial score (nSPS) is 20.5. The average molecular weight is 451 g/mol. The monoisotopic (exact) mass is 450 g/mol. The SMILES string of the molecule is CC(CNC(=O)OCC1c2ccccc2-c2ccccc21)C(=O)N1CCCC(C)(C(=O)O)C1. The molecule has 2 aromatic rings. The highest BCUT2D eigenvalue weighted by molar-refractivity contribution is 5.82. The summed E-state index contributed by atoms with van der Waals surface area (Å²) in [5.41, 5.74) is 3.68. The molecular formula is C26H30N2O5. The number of carboxylic acid groups (broad SMARTS) is 1. The molecule has 4 rings (SSSR count). The van der Waals surface area contributed by atoms with E-state index >= 15 is 0 Å². The van der Waals surface area contributed by atoms with Crippen molar-refractivity contribution >= 4 is 18.0 Å². The molecule has 1 aliphatic heterocycles. The molecule has 0 aromatic heterocycles. The van der Waals surface area contributed by atoms with Crippen molar-refractivity contribution < 1.29 is 24.2 Å². The molecule has 2 unspecified atom stereocenters. The van der Waals surface area contributed by atoms with E-state index in [1.165, 1.54) is 0 Å². The second-order valence-electron chi connectivity index (χ2n) is 9.34. The first kappa shape index (κ1) is 22.8. The second kappa shape index (κ2) is 9.25. The van der Waals surface area contributed by atoms with Crippen LogP contribution in [0, 0.1) is 11.3 Å². The molecule has 33 heavy (non-hydrogen) atoms. The lowest BCUT2D eigenvalue weighted by atomic mass is 9.81. The number of benzene rings is 2. The zero-order valence-corrected chi connectivity index (χ0v) is 19.0. The van der Waals surface area contributed by atoms with Crippen molar-refractivity contribution in [2.75, 3.05) is 26.2 Å². The van der Waals surface area contributed by atoms with Crippen LogP contribution in [-0.2, 0) is 14.3 Å². The minimum atomic E-state index is -0.923. The summed E-state index contributed by atoms with van der Waals surface area (Å²) in [6.07, 6.45) is 0.644. The number of aliphatic carboxylic acids is 1. The van der Waals surface area contributed by atoms with Crippen LogP contribution in [0.5, 0.6) is 0 Å². The Morgan fingerprint density at radius 1 is 1.12 bits per heavy atom. The van der Waals surface area contributed by atoms with Gasteiger partial charge in [-0.15, -0.1) is 0 Å². The van der Waals surface area contributed by atoms with Crippen LogP contribution in [0.3, 0.4) is 0 Å². The van der Waals surface area contributed by atoms with Crippen LogP contribution in [0.1, 0.15) is 43.7 Å². The quantitative estimate of drug-likeness (QED) is 0.696. The fraction of sp³-hybridized carbons (Fsp3) is 0.423. The Morgan fingerprint density at radius 2 is 1.73 bits per heavy atom. The standard InChI is InChI=1S/C26H30N2O5/c1-17(23(29)28-13-7-12-26(2,16-28)24(30)31)14-27-25(32)33-15-22-20-10-5-3-8-18(20)19-9-4-6-11-21(19)22/h3-6,8-11,17,22H,7,12-16H2,1-2H3,(H,27,32)(H,30,31). The predicted octanol–water partition coefficient (Wildman–Crippen LogP) is 3.87. The Bertz CT molecular complexity index is 1020. The van der Waals surface area contributed by atoms with E-state index in [1.807, 2.05) is 24.3 Å². The fourth-order valence-electron chi connectivity index (χ4n) is 4.89. The molecule has 2 atom stereocenters. The van der Waals surface area contributed by atoms with Gasteiger partial charge in [0, 0.05) is 25.6 Å². The van der Waals surface area contributed by atoms with Gasteiger partial charge in [0.2, 0.25) is 5.91 Å². The number of nitrogens with zero attached hydrogens (tertiary/aromatic N) is 1. The zero-order chi connectivity index (χ0) is 23.6. The maximum atomic E-state index is 12.8. The summed E-state index contributed by atoms with van der Waals surface area (Å²) in [7, 11) is 0. The van der Waals surface area contributed by atoms with E-state index in [1.54, 1.807) is 18.7 Å². The molecule has 1 aliphatic carbocycles. The lowest BCUT2D eigenvalue weighted by Gasteiger charge is -2.38. The number of hydrogen-bond acceptors (Lipinski definition) is 4. The first-order chi connectivity index (χ1) is 15.8. The summed E-state index contributed by atoms with van der Waals surface area (Å²) in [6.45, 7) is 4.49. The minimum Gasteiger partial charge on any atom is -0.481 e. The first-order valence-electron chi connectivity index (χ1n) is 11.4. The van der Waals surface area contributed by atoms with Gasteiger partial charge in [-0.3, -0.25) is 9.59 Å². The van der Waals surface area contributed by atoms with Gasteiger partial charge in [0.05, 0.1) is 11.3 Å². The van der Waals surface area contributed by atoms with Crippen molar-refractivity contribution in [1.29, 1.82) is 0 Å². The largest absolute Gasteiger partial charge is 0.481 e. The van der Waals surface area contributed by atoms with Gasteiger partial charge in [-0.2, -0.15) is 0 Å². The van der Waals surface area contributed by atoms with E-state index in [4.69, 9.17) is 4.74 Å². The Kier molecular flexibility index (Phi) is 6.40. The molecule has 0 bridgehead atoms. The number of carboxylic acids is 1. The van der Waals surface area contributed by atoms with Crippen LogP contribution in [0.25, 0.3) is 11.1 Å². The summed E-state index contributed by atoms with van der Waals surface area (Å²) in [5, 5.41) is 12.2. The predicted molar refractivity (Wildman–Crippen MR) is 124 cm³/mol. The number of ether oxygens (including phenoxy) is 1. The van der Waals surface area contributed by atoms with Gasteiger partial charge in [0.25, 0.3) is 0 Å². The van der Waals surface area contributed by atoms with Gasteiger partial charge < -0.3 is 20.1 Å². The van der Waals surface area contributed by atoms with Crippen molar-refractivity contribution in [2.45, 2.75) is 32.6 Å². The van der Waals surface area contributed by atoms with Crippen LogP contribution in [0.2, 0.25) is 0 Å². The van der Waals surface area contributed by atoms with E-state index in [9.17, 15) is 19.5 Å². The first-order valence-corrected chi connectivity index (χ1v) is 11.4. The van der Waals surface area contributed by atoms with Gasteiger partial charge in [0.1, 0.15) is 6.61 Å². The Balaban J connectivity index is 1.30. The molecule has 7 heteroatoms. The highest BCUT2D eigenvalue weighted by Gasteiger charge is 2.40. The Morgan fingerprint density at radius 3 is 2.33 bits per heavy atom. The minimum absolute atomic E-state index is 0.0238. The van der Waals surface area contributed by atoms with Crippen molar-refractivity contribution in [3.63, 3.8) is 0 Å². The lowest BCUT2D eigenvalue weighted by molar-refractivity contribution is -0.154. The number of carbonyl (C=O) groups is 3. The number of nitrogens with one attached hydrogen (secondary N) is 1. The molecule has 2 aliphatic rings. The third kappa shape index (κ3) is 4.58. The highest BCUT2D eigenvalue weighted by Crippen LogP contribution is 2.44. The van der Waals surface area contributed by atoms with Crippen LogP contribution in [0.15, 0.2) is 48.5 Å². The van der Waals surface area contributed by atoms with Gasteiger partial charge in [-0.25, -0.2) is 4.79 Å². The molecule has 2 amide bonds. The van der Waals surface area contributed by atoms with Gasteiger partial charge >= 0.3 is 12.1 Å². The summed E-state index contributed by atoms with van der Waals surface area (Å²) < 4.78 is 5.53. The number of likely N-dealkylation sites (tertiary alicyclic amines) is 1. The number of hydrogen-bond donors (Lipinski definition) is 2. The van der Waals surface area contributed by atoms with E-state index in [2.05, 4.69) is 29.6 Å². The van der Waals surface area contributed by atoms with Crippen LogP contribution < -0.4 is 5.32 Å². The third-order valence-electron chi connectivity index (χ3n) is 6.84. The average Bonchev–Trinajstić information content (AvgIpc) is 3.14. The van der Waals surface area contributed by atoms with E-state index in [-0.39, 0.29) is 31.5 Å². The summed E-state index contributed by atoms with van der Waals surface area (Å²) in [4.78, 5) is 38.3. The zero-order valence-electron chi connectivity index (χ0n) is 19.0. The number of alkyl carbamates (subject to hydrolysis) is 1. The summed E-state index contributed by atoms with van der Waals surface area (Å²) in [6, 6.07) is 16.3. The summed E-state index contributed by atoms with van der Waals surface area (Å²) in [5.74, 6) is -1.53. The fourth-order valence-corrected chi connectivity index (χ4v) is 4.89. The maximum Gasteiger partial charge on any atom is 0.407 e. The molecule has 0 radical (unpaired) electrons. The van der Waals surface area contributed by atoms with E-state index < -0.39 is 23.4 Å². The summed E-state index contributed by atoms with van der Waals surface area (Å²) >= 11 is 0. The number of fused-ring (bicyclic) bond motifs is 3. The molecule has 0 saturated carbocycles. The Labute approximate surface area is 193 Å². The maximum absolute atomic E-state index is 12.8. The number of piperidine rings is 1. The number of carbonyl (C=O) groups excluding carboxylic acids is 2. The van der Waals surface area contributed by atoms with Crippen molar-refractivity contribution in [3.8, 4) is 11.1 Å². The topological polar surface area (TPSA) is 95.9 Å². The lowest BCUT2D eigenvalue weighted by Crippen LogP contribution is -2.50. The number of amides is 2. The van der Waals surface area contributed by atoms with E-state index in [0.717, 1.165) is 22.3 Å². The van der Waals surface area contributed by atoms with E-state index in [0.29, 0.717) is 19.4 Å². The van der Waals surface area contributed by atoms with Crippen LogP contribution >= 0.6 is 0 Å². The van der Waals surface area contributed by atoms with Crippen molar-refractivity contribution in [3.05, 3.63) is 59.7 Å². The highest BCUT2D eigenvalue weighted by atomic mass is 16.5. The molecule has 2 aromatic carbocycles. The van der Waals surface area contributed by atoms with Gasteiger partial charge in [0.15, 0.2) is 0 Å². The third-order valence-corrected chi connectivity index (χ3v) is 6.84. The molecule has 7 nitrogen and oxygen atoms in total. The van der Waals surface area contributed by atoms with Gasteiger partial charge in [-0.1, -0.05) is 55.5 Å². The van der Waals surface area contributed by atoms with Crippen LogP contribution in [-0.4, -0.2) is 54.2 Å². The second-order valence-corrected chi connectivity index (χ2v) is 9.34.